The maximum Gasteiger partial charge on any atom is 0.341 e. The Morgan fingerprint density at radius 2 is 2.43 bits per heavy atom. The standard InChI is InChI=1S/C2H4BrO3P/c3-1-2(4)7(5)6/h2,4H,1H2/t2-/m0/s1. The van der Waals surface area contributed by atoms with E-state index in [4.69, 9.17) is 5.11 Å². The molecule has 0 amide bonds. The van der Waals surface area contributed by atoms with Gasteiger partial charge < -0.3 is 10.00 Å². The van der Waals surface area contributed by atoms with Crippen LogP contribution in [-0.4, -0.2) is 16.3 Å². The predicted octanol–water partition coefficient (Wildman–Crippen LogP) is -0.198. The van der Waals surface area contributed by atoms with Gasteiger partial charge in [-0.25, -0.2) is 0 Å². The summed E-state index contributed by atoms with van der Waals surface area (Å²) in [5, 5.41) is 8.38. The van der Waals surface area contributed by atoms with E-state index in [1.54, 1.807) is 0 Å². The van der Waals surface area contributed by atoms with Crippen molar-refractivity contribution < 1.29 is 14.6 Å². The van der Waals surface area contributed by atoms with Crippen LogP contribution in [0.25, 0.3) is 0 Å². The van der Waals surface area contributed by atoms with Crippen molar-refractivity contribution >= 4 is 24.0 Å². The number of alkyl halides is 1. The Kier molecular flexibility index (Phi) is 3.75. The monoisotopic (exact) mass is 186 g/mol. The molecule has 7 heavy (non-hydrogen) atoms. The van der Waals surface area contributed by atoms with Crippen molar-refractivity contribution in [3.8, 4) is 0 Å². The molecule has 0 fully saturated rings. The van der Waals surface area contributed by atoms with E-state index in [-0.39, 0.29) is 5.33 Å². The number of rotatable bonds is 2. The van der Waals surface area contributed by atoms with E-state index in [0.29, 0.717) is 0 Å². The zero-order chi connectivity index (χ0) is 5.86. The van der Waals surface area contributed by atoms with Gasteiger partial charge in [-0.1, -0.05) is 20.5 Å². The highest BCUT2D eigenvalue weighted by atomic mass is 79.9. The first-order valence-corrected chi connectivity index (χ1v) is 3.93. The van der Waals surface area contributed by atoms with Crippen LogP contribution in [0.4, 0.5) is 0 Å². The number of halogens is 1. The number of aliphatic hydroxyl groups excluding tert-OH is 1. The summed E-state index contributed by atoms with van der Waals surface area (Å²) in [4.78, 5) is 9.69. The Morgan fingerprint density at radius 1 is 2.00 bits per heavy atom. The maximum absolute atomic E-state index is 9.69. The van der Waals surface area contributed by atoms with Crippen LogP contribution in [0.1, 0.15) is 0 Å². The lowest BCUT2D eigenvalue weighted by atomic mass is 10.9. The fourth-order valence-corrected chi connectivity index (χ4v) is 0.878. The molecule has 0 aliphatic carbocycles. The second kappa shape index (κ2) is 3.50. The van der Waals surface area contributed by atoms with Crippen LogP contribution < -0.4 is 4.89 Å². The van der Waals surface area contributed by atoms with Gasteiger partial charge >= 0.3 is 8.03 Å². The number of hydrogen-bond donors (Lipinski definition) is 1. The topological polar surface area (TPSA) is 60.4 Å². The lowest BCUT2D eigenvalue weighted by Crippen LogP contribution is -2.07. The normalized spacial score (nSPS) is 16.1. The third kappa shape index (κ3) is 3.12. The fourth-order valence-electron chi connectivity index (χ4n) is 0.0563. The van der Waals surface area contributed by atoms with Crippen LogP contribution in [0.15, 0.2) is 0 Å². The molecule has 42 valence electrons. The largest absolute Gasteiger partial charge is 0.593 e. The van der Waals surface area contributed by atoms with Gasteiger partial charge in [-0.15, -0.1) is 0 Å². The summed E-state index contributed by atoms with van der Waals surface area (Å²) in [6.45, 7) is 0. The average molecular weight is 187 g/mol. The molecule has 1 N–H and O–H groups in total. The van der Waals surface area contributed by atoms with E-state index in [0.717, 1.165) is 0 Å². The fraction of sp³-hybridized carbons (Fsp3) is 1.00. The van der Waals surface area contributed by atoms with Gasteiger partial charge in [-0.05, 0) is 0 Å². The van der Waals surface area contributed by atoms with Crippen molar-refractivity contribution in [2.45, 2.75) is 5.85 Å². The van der Waals surface area contributed by atoms with E-state index >= 15 is 0 Å². The van der Waals surface area contributed by atoms with Gasteiger partial charge in [0.2, 0.25) is 0 Å². The highest BCUT2D eigenvalue weighted by Crippen LogP contribution is 2.15. The second-order valence-corrected chi connectivity index (χ2v) is 2.73. The van der Waals surface area contributed by atoms with Crippen molar-refractivity contribution in [2.24, 2.45) is 0 Å². The quantitative estimate of drug-likeness (QED) is 0.481. The van der Waals surface area contributed by atoms with Gasteiger partial charge in [-0.3, -0.25) is 0 Å². The molecule has 0 rings (SSSR count). The minimum Gasteiger partial charge on any atom is -0.593 e. The lowest BCUT2D eigenvalue weighted by molar-refractivity contribution is -0.170. The Balaban J connectivity index is 3.34. The molecule has 2 atom stereocenters. The first-order valence-electron chi connectivity index (χ1n) is 1.56. The van der Waals surface area contributed by atoms with Gasteiger partial charge in [0.05, 0.1) is 5.33 Å². The molecule has 3 nitrogen and oxygen atoms in total. The minimum atomic E-state index is -2.65. The van der Waals surface area contributed by atoms with Gasteiger partial charge in [0.1, 0.15) is 0 Å². The van der Waals surface area contributed by atoms with Crippen molar-refractivity contribution in [1.82, 2.24) is 0 Å². The molecule has 0 spiro atoms. The molecule has 0 saturated carbocycles. The zero-order valence-corrected chi connectivity index (χ0v) is 5.85. The van der Waals surface area contributed by atoms with Crippen molar-refractivity contribution in [1.29, 1.82) is 0 Å². The first-order chi connectivity index (χ1) is 3.18. The van der Waals surface area contributed by atoms with E-state index in [2.05, 4.69) is 15.9 Å². The van der Waals surface area contributed by atoms with E-state index in [1.807, 2.05) is 0 Å². The lowest BCUT2D eigenvalue weighted by Gasteiger charge is -1.91. The Hall–Kier alpha value is 0.500. The molecule has 0 aliphatic rings. The van der Waals surface area contributed by atoms with Crippen molar-refractivity contribution in [3.05, 3.63) is 0 Å². The SMILES string of the molecule is O=[P+]([O-])[C@H](O)CBr. The third-order valence-electron chi connectivity index (χ3n) is 0.381. The van der Waals surface area contributed by atoms with Crippen LogP contribution in [0.3, 0.4) is 0 Å². The molecule has 0 aromatic rings. The van der Waals surface area contributed by atoms with Crippen molar-refractivity contribution in [2.75, 3.05) is 5.33 Å². The van der Waals surface area contributed by atoms with Crippen LogP contribution >= 0.6 is 24.0 Å². The van der Waals surface area contributed by atoms with Crippen molar-refractivity contribution in [3.63, 3.8) is 0 Å². The smallest absolute Gasteiger partial charge is 0.341 e. The van der Waals surface area contributed by atoms with E-state index < -0.39 is 13.9 Å². The van der Waals surface area contributed by atoms with Crippen LogP contribution in [-0.2, 0) is 4.57 Å². The molecule has 0 aromatic heterocycles. The summed E-state index contributed by atoms with van der Waals surface area (Å²) in [6, 6.07) is 0. The molecule has 0 heterocycles. The van der Waals surface area contributed by atoms with Gasteiger partial charge in [0.25, 0.3) is 5.85 Å². The third-order valence-corrected chi connectivity index (χ3v) is 2.16. The number of aliphatic hydroxyl groups is 1. The molecule has 0 aliphatic heterocycles. The maximum atomic E-state index is 9.69. The molecule has 0 bridgehead atoms. The summed E-state index contributed by atoms with van der Waals surface area (Å²) in [5.41, 5.74) is 0. The molecule has 5 heteroatoms. The van der Waals surface area contributed by atoms with E-state index in [9.17, 15) is 9.46 Å². The minimum absolute atomic E-state index is 0.0890. The summed E-state index contributed by atoms with van der Waals surface area (Å²) in [5.74, 6) is -1.23. The van der Waals surface area contributed by atoms with Gasteiger partial charge in [-0.2, -0.15) is 0 Å². The Bertz CT molecular complexity index is 75.3. The highest BCUT2D eigenvalue weighted by Gasteiger charge is 2.13. The first kappa shape index (κ1) is 7.50. The summed E-state index contributed by atoms with van der Waals surface area (Å²) in [7, 11) is -2.65. The molecule has 0 radical (unpaired) electrons. The predicted molar refractivity (Wildman–Crippen MR) is 27.4 cm³/mol. The summed E-state index contributed by atoms with van der Waals surface area (Å²) in [6.07, 6.45) is 0. The molecular formula is C2H4BrO3P. The van der Waals surface area contributed by atoms with Crippen LogP contribution in [0, 0.1) is 0 Å². The number of hydrogen-bond acceptors (Lipinski definition) is 3. The van der Waals surface area contributed by atoms with Crippen LogP contribution in [0.2, 0.25) is 0 Å². The molecule has 0 saturated heterocycles. The summed E-state index contributed by atoms with van der Waals surface area (Å²) < 4.78 is 9.69. The Labute approximate surface area is 50.4 Å². The summed E-state index contributed by atoms with van der Waals surface area (Å²) >= 11 is 2.78. The molecule has 1 unspecified atom stereocenters. The Morgan fingerprint density at radius 3 is 2.43 bits per heavy atom. The average Bonchev–Trinajstić information content (AvgIpc) is 1.65. The van der Waals surface area contributed by atoms with Gasteiger partial charge in [0, 0.05) is 0 Å². The second-order valence-electron chi connectivity index (χ2n) is 0.920. The van der Waals surface area contributed by atoms with Gasteiger partial charge in [0.15, 0.2) is 0 Å². The molecular weight excluding hydrogens is 183 g/mol. The molecule has 0 aromatic carbocycles. The highest BCUT2D eigenvalue weighted by molar-refractivity contribution is 9.09. The van der Waals surface area contributed by atoms with Crippen LogP contribution in [0.5, 0.6) is 0 Å². The zero-order valence-electron chi connectivity index (χ0n) is 3.37. The van der Waals surface area contributed by atoms with E-state index in [1.165, 1.54) is 0 Å².